The van der Waals surface area contributed by atoms with E-state index in [2.05, 4.69) is 20.6 Å². The normalized spacial score (nSPS) is 11.0. The number of aromatic hydroxyl groups is 1. The first-order valence-corrected chi connectivity index (χ1v) is 7.61. The van der Waals surface area contributed by atoms with E-state index >= 15 is 0 Å². The van der Waals surface area contributed by atoms with Crippen LogP contribution in [-0.2, 0) is 0 Å². The van der Waals surface area contributed by atoms with Gasteiger partial charge in [0.15, 0.2) is 11.4 Å². The molecule has 0 bridgehead atoms. The van der Waals surface area contributed by atoms with Crippen molar-refractivity contribution in [1.82, 2.24) is 20.2 Å². The van der Waals surface area contributed by atoms with E-state index < -0.39 is 5.91 Å². The van der Waals surface area contributed by atoms with Gasteiger partial charge in [0, 0.05) is 5.38 Å². The maximum Gasteiger partial charge on any atom is 0.295 e. The molecule has 1 aromatic carbocycles. The molecule has 23 heavy (non-hydrogen) atoms. The van der Waals surface area contributed by atoms with Gasteiger partial charge < -0.3 is 5.11 Å². The number of amides is 1. The van der Waals surface area contributed by atoms with Crippen LogP contribution in [0.25, 0.3) is 5.69 Å². The summed E-state index contributed by atoms with van der Waals surface area (Å²) >= 11 is 1.49. The summed E-state index contributed by atoms with van der Waals surface area (Å²) < 4.78 is 1.43. The molecule has 2 N–H and O–H groups in total. The minimum absolute atomic E-state index is 0.0968. The van der Waals surface area contributed by atoms with Gasteiger partial charge in [-0.3, -0.25) is 4.79 Å². The van der Waals surface area contributed by atoms with E-state index in [1.54, 1.807) is 0 Å². The Kier molecular flexibility index (Phi) is 4.15. The van der Waals surface area contributed by atoms with Gasteiger partial charge >= 0.3 is 0 Å². The summed E-state index contributed by atoms with van der Waals surface area (Å²) in [5.41, 5.74) is 3.62. The molecule has 0 atom stereocenters. The van der Waals surface area contributed by atoms with Gasteiger partial charge in [-0.1, -0.05) is 18.2 Å². The van der Waals surface area contributed by atoms with Gasteiger partial charge in [-0.05, 0) is 19.1 Å². The van der Waals surface area contributed by atoms with E-state index in [1.165, 1.54) is 28.4 Å². The fourth-order valence-corrected chi connectivity index (χ4v) is 2.45. The third kappa shape index (κ3) is 3.43. The molecule has 7 nitrogen and oxygen atoms in total. The van der Waals surface area contributed by atoms with Crippen LogP contribution in [0.4, 0.5) is 0 Å². The lowest BCUT2D eigenvalue weighted by molar-refractivity contribution is 0.0947. The quantitative estimate of drug-likeness (QED) is 0.567. The Bertz CT molecular complexity index is 854. The minimum atomic E-state index is -0.597. The SMILES string of the molecule is Cc1nc(/C=N/NC(=O)c2nn(-c3ccccc3)cc2O)cs1. The zero-order valence-electron chi connectivity index (χ0n) is 12.2. The summed E-state index contributed by atoms with van der Waals surface area (Å²) in [7, 11) is 0. The van der Waals surface area contributed by atoms with Crippen molar-refractivity contribution in [3.8, 4) is 11.4 Å². The first kappa shape index (κ1) is 14.9. The Morgan fingerprint density at radius 2 is 2.17 bits per heavy atom. The summed E-state index contributed by atoms with van der Waals surface area (Å²) in [6, 6.07) is 9.19. The molecular weight excluding hydrogens is 314 g/mol. The number of carbonyl (C=O) groups excluding carboxylic acids is 1. The highest BCUT2D eigenvalue weighted by atomic mass is 32.1. The Balaban J connectivity index is 1.73. The third-order valence-electron chi connectivity index (χ3n) is 2.93. The number of carbonyl (C=O) groups is 1. The first-order chi connectivity index (χ1) is 11.1. The molecule has 2 aromatic heterocycles. The second-order valence-electron chi connectivity index (χ2n) is 4.63. The minimum Gasteiger partial charge on any atom is -0.504 e. The van der Waals surface area contributed by atoms with Gasteiger partial charge in [-0.2, -0.15) is 10.2 Å². The van der Waals surface area contributed by atoms with Crippen LogP contribution in [0.3, 0.4) is 0 Å². The fraction of sp³-hybridized carbons (Fsp3) is 0.0667. The number of aryl methyl sites for hydroxylation is 1. The van der Waals surface area contributed by atoms with Gasteiger partial charge in [0.2, 0.25) is 0 Å². The number of thiazole rings is 1. The van der Waals surface area contributed by atoms with E-state index in [0.717, 1.165) is 10.7 Å². The van der Waals surface area contributed by atoms with E-state index in [4.69, 9.17) is 0 Å². The van der Waals surface area contributed by atoms with E-state index in [0.29, 0.717) is 5.69 Å². The molecule has 116 valence electrons. The number of nitrogens with zero attached hydrogens (tertiary/aromatic N) is 4. The summed E-state index contributed by atoms with van der Waals surface area (Å²) in [5, 5.41) is 20.5. The molecule has 0 fully saturated rings. The molecule has 0 aliphatic rings. The molecule has 0 spiro atoms. The smallest absolute Gasteiger partial charge is 0.295 e. The second-order valence-corrected chi connectivity index (χ2v) is 5.70. The van der Waals surface area contributed by atoms with Gasteiger partial charge in [0.05, 0.1) is 28.8 Å². The molecule has 0 saturated carbocycles. The Morgan fingerprint density at radius 3 is 2.87 bits per heavy atom. The van der Waals surface area contributed by atoms with Crippen molar-refractivity contribution >= 4 is 23.5 Å². The third-order valence-corrected chi connectivity index (χ3v) is 3.72. The Morgan fingerprint density at radius 1 is 1.39 bits per heavy atom. The summed E-state index contributed by atoms with van der Waals surface area (Å²) in [5.74, 6) is -0.813. The molecule has 8 heteroatoms. The number of hydrazone groups is 1. The van der Waals surface area contributed by atoms with Crippen LogP contribution >= 0.6 is 11.3 Å². The monoisotopic (exact) mass is 327 g/mol. The van der Waals surface area contributed by atoms with Crippen molar-refractivity contribution in [3.05, 3.63) is 58.3 Å². The molecule has 0 radical (unpaired) electrons. The van der Waals surface area contributed by atoms with E-state index in [9.17, 15) is 9.90 Å². The van der Waals surface area contributed by atoms with Crippen LogP contribution in [0.1, 0.15) is 21.2 Å². The predicted octanol–water partition coefficient (Wildman–Crippen LogP) is 2.11. The van der Waals surface area contributed by atoms with Crippen molar-refractivity contribution in [3.63, 3.8) is 0 Å². The second kappa shape index (κ2) is 6.41. The lowest BCUT2D eigenvalue weighted by atomic mass is 10.3. The lowest BCUT2D eigenvalue weighted by Gasteiger charge is -1.99. The number of hydrogen-bond donors (Lipinski definition) is 2. The number of nitrogens with one attached hydrogen (secondary N) is 1. The standard InChI is InChI=1S/C15H13N5O2S/c1-10-17-11(9-23-10)7-16-18-15(22)14-13(21)8-20(19-14)12-5-3-2-4-6-12/h2-9,21H,1H3,(H,18,22)/b16-7+. The molecule has 0 aliphatic carbocycles. The topological polar surface area (TPSA) is 92.4 Å². The number of para-hydroxylation sites is 1. The largest absolute Gasteiger partial charge is 0.504 e. The van der Waals surface area contributed by atoms with Crippen LogP contribution in [-0.4, -0.2) is 32.0 Å². The zero-order chi connectivity index (χ0) is 16.2. The van der Waals surface area contributed by atoms with Crippen LogP contribution < -0.4 is 5.43 Å². The molecule has 2 heterocycles. The van der Waals surface area contributed by atoms with Crippen LogP contribution in [0.2, 0.25) is 0 Å². The number of hydrogen-bond acceptors (Lipinski definition) is 6. The van der Waals surface area contributed by atoms with Crippen molar-refractivity contribution in [2.24, 2.45) is 5.10 Å². The van der Waals surface area contributed by atoms with Crippen LogP contribution in [0.5, 0.6) is 5.75 Å². The van der Waals surface area contributed by atoms with E-state index in [-0.39, 0.29) is 11.4 Å². The highest BCUT2D eigenvalue weighted by molar-refractivity contribution is 7.09. The molecule has 0 unspecified atom stereocenters. The van der Waals surface area contributed by atoms with Crippen molar-refractivity contribution < 1.29 is 9.90 Å². The van der Waals surface area contributed by atoms with Gasteiger partial charge in [0.25, 0.3) is 5.91 Å². The van der Waals surface area contributed by atoms with Gasteiger partial charge in [0.1, 0.15) is 0 Å². The molecule has 1 amide bonds. The van der Waals surface area contributed by atoms with Crippen molar-refractivity contribution in [1.29, 1.82) is 0 Å². The maximum atomic E-state index is 12.0. The first-order valence-electron chi connectivity index (χ1n) is 6.73. The van der Waals surface area contributed by atoms with Crippen molar-refractivity contribution in [2.45, 2.75) is 6.92 Å². The highest BCUT2D eigenvalue weighted by Gasteiger charge is 2.16. The Hall–Kier alpha value is -3.00. The van der Waals surface area contributed by atoms with Crippen molar-refractivity contribution in [2.75, 3.05) is 0 Å². The Labute approximate surface area is 135 Å². The molecule has 3 rings (SSSR count). The van der Waals surface area contributed by atoms with Gasteiger partial charge in [-0.25, -0.2) is 15.1 Å². The average molecular weight is 327 g/mol. The summed E-state index contributed by atoms with van der Waals surface area (Å²) in [6.45, 7) is 1.88. The maximum absolute atomic E-state index is 12.0. The zero-order valence-corrected chi connectivity index (χ0v) is 13.0. The average Bonchev–Trinajstić information content (AvgIpc) is 3.14. The van der Waals surface area contributed by atoms with E-state index in [1.807, 2.05) is 42.6 Å². The number of aromatic nitrogens is 3. The number of benzene rings is 1. The summed E-state index contributed by atoms with van der Waals surface area (Å²) in [4.78, 5) is 16.2. The molecule has 3 aromatic rings. The van der Waals surface area contributed by atoms with Crippen LogP contribution in [0.15, 0.2) is 47.0 Å². The molecular formula is C15H13N5O2S. The van der Waals surface area contributed by atoms with Crippen LogP contribution in [0, 0.1) is 6.92 Å². The van der Waals surface area contributed by atoms with Gasteiger partial charge in [-0.15, -0.1) is 11.3 Å². The highest BCUT2D eigenvalue weighted by Crippen LogP contribution is 2.17. The predicted molar refractivity (Wildman–Crippen MR) is 87.1 cm³/mol. The number of rotatable bonds is 4. The summed E-state index contributed by atoms with van der Waals surface area (Å²) in [6.07, 6.45) is 2.81. The molecule has 0 saturated heterocycles. The molecule has 0 aliphatic heterocycles. The lowest BCUT2D eigenvalue weighted by Crippen LogP contribution is -2.18. The fourth-order valence-electron chi connectivity index (χ4n) is 1.89.